The van der Waals surface area contributed by atoms with Crippen molar-refractivity contribution in [2.75, 3.05) is 20.6 Å². The third kappa shape index (κ3) is 3.99. The fraction of sp³-hybridized carbons (Fsp3) is 0.364. The van der Waals surface area contributed by atoms with Crippen LogP contribution in [0, 0.1) is 0 Å². The molecule has 0 spiro atoms. The van der Waals surface area contributed by atoms with E-state index in [1.165, 1.54) is 4.90 Å². The number of phenols is 1. The van der Waals surface area contributed by atoms with Crippen LogP contribution < -0.4 is 5.32 Å². The van der Waals surface area contributed by atoms with Crippen molar-refractivity contribution < 1.29 is 9.90 Å². The van der Waals surface area contributed by atoms with Crippen molar-refractivity contribution >= 4 is 5.91 Å². The Labute approximate surface area is 89.5 Å². The highest BCUT2D eigenvalue weighted by atomic mass is 16.3. The van der Waals surface area contributed by atoms with Crippen LogP contribution >= 0.6 is 0 Å². The number of hydrogen-bond acceptors (Lipinski definition) is 3. The molecule has 15 heavy (non-hydrogen) atoms. The monoisotopic (exact) mass is 208 g/mol. The number of hydrogen-bond donors (Lipinski definition) is 2. The van der Waals surface area contributed by atoms with Crippen LogP contribution in [0.1, 0.15) is 5.56 Å². The van der Waals surface area contributed by atoms with Gasteiger partial charge >= 0.3 is 0 Å². The van der Waals surface area contributed by atoms with Crippen molar-refractivity contribution in [3.05, 3.63) is 29.8 Å². The van der Waals surface area contributed by atoms with Crippen LogP contribution in [0.15, 0.2) is 24.3 Å². The number of carbonyl (C=O) groups is 1. The molecule has 0 fully saturated rings. The molecule has 1 rings (SSSR count). The first-order chi connectivity index (χ1) is 7.09. The lowest BCUT2D eigenvalue weighted by Gasteiger charge is -2.10. The summed E-state index contributed by atoms with van der Waals surface area (Å²) in [5, 5.41) is 12.2. The Morgan fingerprint density at radius 2 is 2.20 bits per heavy atom. The maximum Gasteiger partial charge on any atom is 0.236 e. The summed E-state index contributed by atoms with van der Waals surface area (Å²) in [6.07, 6.45) is 0. The van der Waals surface area contributed by atoms with E-state index in [-0.39, 0.29) is 11.7 Å². The van der Waals surface area contributed by atoms with E-state index in [9.17, 15) is 9.90 Å². The third-order valence-corrected chi connectivity index (χ3v) is 2.01. The van der Waals surface area contributed by atoms with E-state index in [4.69, 9.17) is 0 Å². The summed E-state index contributed by atoms with van der Waals surface area (Å²) < 4.78 is 0. The first-order valence-corrected chi connectivity index (χ1v) is 4.78. The minimum absolute atomic E-state index is 0.0372. The van der Waals surface area contributed by atoms with Gasteiger partial charge in [0, 0.05) is 20.6 Å². The SMILES string of the molecule is CN(C)C(=O)CNCc1cccc(O)c1. The summed E-state index contributed by atoms with van der Waals surface area (Å²) >= 11 is 0. The van der Waals surface area contributed by atoms with Gasteiger partial charge in [-0.2, -0.15) is 0 Å². The average molecular weight is 208 g/mol. The number of aromatic hydroxyl groups is 1. The molecule has 0 radical (unpaired) electrons. The van der Waals surface area contributed by atoms with Gasteiger partial charge < -0.3 is 15.3 Å². The van der Waals surface area contributed by atoms with Gasteiger partial charge in [-0.1, -0.05) is 12.1 Å². The molecule has 0 heterocycles. The molecule has 1 amide bonds. The normalized spacial score (nSPS) is 10.0. The van der Waals surface area contributed by atoms with E-state index in [2.05, 4.69) is 5.32 Å². The van der Waals surface area contributed by atoms with Gasteiger partial charge in [0.05, 0.1) is 6.54 Å². The second kappa shape index (κ2) is 5.36. The van der Waals surface area contributed by atoms with Crippen molar-refractivity contribution in [2.45, 2.75) is 6.54 Å². The highest BCUT2D eigenvalue weighted by Gasteiger charge is 2.02. The molecule has 0 aliphatic rings. The van der Waals surface area contributed by atoms with Crippen molar-refractivity contribution in [3.63, 3.8) is 0 Å². The molecule has 82 valence electrons. The maximum atomic E-state index is 11.2. The number of benzene rings is 1. The minimum Gasteiger partial charge on any atom is -0.508 e. The van der Waals surface area contributed by atoms with Crippen LogP contribution in [0.5, 0.6) is 5.75 Å². The summed E-state index contributed by atoms with van der Waals surface area (Å²) in [5.41, 5.74) is 0.960. The lowest BCUT2D eigenvalue weighted by molar-refractivity contribution is -0.127. The van der Waals surface area contributed by atoms with E-state index in [1.807, 2.05) is 6.07 Å². The molecular weight excluding hydrogens is 192 g/mol. The lowest BCUT2D eigenvalue weighted by Crippen LogP contribution is -2.32. The molecule has 0 aliphatic heterocycles. The van der Waals surface area contributed by atoms with Crippen molar-refractivity contribution in [3.8, 4) is 5.75 Å². The van der Waals surface area contributed by atoms with Crippen LogP contribution in [0.25, 0.3) is 0 Å². The average Bonchev–Trinajstić information content (AvgIpc) is 2.17. The molecule has 0 bridgehead atoms. The molecule has 4 heteroatoms. The summed E-state index contributed by atoms with van der Waals surface area (Å²) in [6, 6.07) is 6.97. The summed E-state index contributed by atoms with van der Waals surface area (Å²) in [6.45, 7) is 0.886. The van der Waals surface area contributed by atoms with Crippen molar-refractivity contribution in [2.24, 2.45) is 0 Å². The molecule has 0 aliphatic carbocycles. The zero-order chi connectivity index (χ0) is 11.3. The van der Waals surface area contributed by atoms with E-state index in [0.29, 0.717) is 13.1 Å². The van der Waals surface area contributed by atoms with E-state index < -0.39 is 0 Å². The Morgan fingerprint density at radius 3 is 2.80 bits per heavy atom. The van der Waals surface area contributed by atoms with Crippen LogP contribution in [0.4, 0.5) is 0 Å². The van der Waals surface area contributed by atoms with Crippen LogP contribution in [-0.4, -0.2) is 36.6 Å². The second-order valence-electron chi connectivity index (χ2n) is 3.56. The molecule has 4 nitrogen and oxygen atoms in total. The molecule has 0 aromatic heterocycles. The van der Waals surface area contributed by atoms with Crippen LogP contribution in [0.2, 0.25) is 0 Å². The summed E-state index contributed by atoms with van der Waals surface area (Å²) in [7, 11) is 3.44. The standard InChI is InChI=1S/C11H16N2O2/c1-13(2)11(15)8-12-7-9-4-3-5-10(14)6-9/h3-6,12,14H,7-8H2,1-2H3. The highest BCUT2D eigenvalue weighted by molar-refractivity contribution is 5.77. The molecular formula is C11H16N2O2. The molecule has 0 saturated heterocycles. The van der Waals surface area contributed by atoms with Gasteiger partial charge in [0.1, 0.15) is 5.75 Å². The number of likely N-dealkylation sites (N-methyl/N-ethyl adjacent to an activating group) is 1. The fourth-order valence-electron chi connectivity index (χ4n) is 1.14. The number of carbonyl (C=O) groups excluding carboxylic acids is 1. The molecule has 1 aromatic carbocycles. The Balaban J connectivity index is 2.35. The maximum absolute atomic E-state index is 11.2. The van der Waals surface area contributed by atoms with Gasteiger partial charge in [-0.05, 0) is 17.7 Å². The molecule has 2 N–H and O–H groups in total. The van der Waals surface area contributed by atoms with Crippen LogP contribution in [-0.2, 0) is 11.3 Å². The molecule has 0 unspecified atom stereocenters. The Bertz CT molecular complexity index is 337. The van der Waals surface area contributed by atoms with Gasteiger partial charge in [0.2, 0.25) is 5.91 Å². The Hall–Kier alpha value is -1.55. The third-order valence-electron chi connectivity index (χ3n) is 2.01. The largest absolute Gasteiger partial charge is 0.508 e. The van der Waals surface area contributed by atoms with Gasteiger partial charge in [0.15, 0.2) is 0 Å². The Morgan fingerprint density at radius 1 is 1.47 bits per heavy atom. The van der Waals surface area contributed by atoms with Crippen molar-refractivity contribution in [1.82, 2.24) is 10.2 Å². The highest BCUT2D eigenvalue weighted by Crippen LogP contribution is 2.10. The number of rotatable bonds is 4. The van der Waals surface area contributed by atoms with E-state index >= 15 is 0 Å². The topological polar surface area (TPSA) is 52.6 Å². The molecule has 0 atom stereocenters. The first kappa shape index (κ1) is 11.5. The summed E-state index contributed by atoms with van der Waals surface area (Å²) in [5.74, 6) is 0.281. The molecule has 0 saturated carbocycles. The quantitative estimate of drug-likeness (QED) is 0.760. The van der Waals surface area contributed by atoms with Gasteiger partial charge in [0.25, 0.3) is 0 Å². The predicted molar refractivity (Wildman–Crippen MR) is 58.5 cm³/mol. The van der Waals surface area contributed by atoms with Gasteiger partial charge in [-0.15, -0.1) is 0 Å². The van der Waals surface area contributed by atoms with Gasteiger partial charge in [-0.25, -0.2) is 0 Å². The van der Waals surface area contributed by atoms with E-state index in [0.717, 1.165) is 5.56 Å². The number of amides is 1. The van der Waals surface area contributed by atoms with Gasteiger partial charge in [-0.3, -0.25) is 4.79 Å². The smallest absolute Gasteiger partial charge is 0.236 e. The summed E-state index contributed by atoms with van der Waals surface area (Å²) in [4.78, 5) is 12.8. The zero-order valence-electron chi connectivity index (χ0n) is 9.03. The number of nitrogens with one attached hydrogen (secondary N) is 1. The fourth-order valence-corrected chi connectivity index (χ4v) is 1.14. The molecule has 1 aromatic rings. The predicted octanol–water partition coefficient (Wildman–Crippen LogP) is 0.570. The lowest BCUT2D eigenvalue weighted by atomic mass is 10.2. The zero-order valence-corrected chi connectivity index (χ0v) is 9.03. The van der Waals surface area contributed by atoms with Crippen molar-refractivity contribution in [1.29, 1.82) is 0 Å². The Kier molecular flexibility index (Phi) is 4.12. The van der Waals surface area contributed by atoms with E-state index in [1.54, 1.807) is 32.3 Å². The first-order valence-electron chi connectivity index (χ1n) is 4.78. The van der Waals surface area contributed by atoms with Crippen LogP contribution in [0.3, 0.4) is 0 Å². The number of nitrogens with zero attached hydrogens (tertiary/aromatic N) is 1. The number of phenolic OH excluding ortho intramolecular Hbond substituents is 1. The second-order valence-corrected chi connectivity index (χ2v) is 3.56. The minimum atomic E-state index is 0.0372.